The van der Waals surface area contributed by atoms with Crippen molar-refractivity contribution in [2.24, 2.45) is 0 Å². The first-order chi connectivity index (χ1) is 11.7. The molecule has 0 saturated heterocycles. The SMILES string of the molecule is CCCCCCCCCCC[C@@H](C/C=C/C(=O)OCC)OCOC. The summed E-state index contributed by atoms with van der Waals surface area (Å²) in [5.74, 6) is -0.286. The predicted octanol–water partition coefficient (Wildman–Crippen LogP) is 5.41. The van der Waals surface area contributed by atoms with Gasteiger partial charge in [0.05, 0.1) is 12.7 Å². The lowest BCUT2D eigenvalue weighted by Crippen LogP contribution is -2.14. The summed E-state index contributed by atoms with van der Waals surface area (Å²) in [6.07, 6.45) is 17.1. The molecule has 0 fully saturated rings. The number of hydrogen-bond acceptors (Lipinski definition) is 4. The smallest absolute Gasteiger partial charge is 0.330 e. The van der Waals surface area contributed by atoms with E-state index in [4.69, 9.17) is 14.2 Å². The molecule has 0 bridgehead atoms. The van der Waals surface area contributed by atoms with E-state index in [-0.39, 0.29) is 12.1 Å². The Kier molecular flexibility index (Phi) is 17.8. The Morgan fingerprint density at radius 1 is 0.958 bits per heavy atom. The van der Waals surface area contributed by atoms with E-state index in [1.165, 1.54) is 57.4 Å². The average Bonchev–Trinajstić information content (AvgIpc) is 2.57. The summed E-state index contributed by atoms with van der Waals surface area (Å²) in [7, 11) is 1.63. The number of hydrogen-bond donors (Lipinski definition) is 0. The first-order valence-corrected chi connectivity index (χ1v) is 9.68. The van der Waals surface area contributed by atoms with Crippen molar-refractivity contribution in [3.05, 3.63) is 12.2 Å². The van der Waals surface area contributed by atoms with Crippen LogP contribution in [-0.4, -0.2) is 32.6 Å². The molecule has 142 valence electrons. The summed E-state index contributed by atoms with van der Waals surface area (Å²) < 4.78 is 15.5. The van der Waals surface area contributed by atoms with E-state index in [9.17, 15) is 4.79 Å². The van der Waals surface area contributed by atoms with Gasteiger partial charge in [-0.05, 0) is 19.8 Å². The molecule has 1 atom stereocenters. The fraction of sp³-hybridized carbons (Fsp3) is 0.850. The monoisotopic (exact) mass is 342 g/mol. The Morgan fingerprint density at radius 2 is 1.58 bits per heavy atom. The van der Waals surface area contributed by atoms with Gasteiger partial charge in [-0.3, -0.25) is 0 Å². The van der Waals surface area contributed by atoms with Crippen molar-refractivity contribution in [1.82, 2.24) is 0 Å². The molecule has 0 radical (unpaired) electrons. The fourth-order valence-corrected chi connectivity index (χ4v) is 2.62. The third-order valence-corrected chi connectivity index (χ3v) is 3.99. The predicted molar refractivity (Wildman–Crippen MR) is 99.0 cm³/mol. The van der Waals surface area contributed by atoms with E-state index in [2.05, 4.69) is 6.92 Å². The molecular weight excluding hydrogens is 304 g/mol. The van der Waals surface area contributed by atoms with Crippen LogP contribution in [0.5, 0.6) is 0 Å². The highest BCUT2D eigenvalue weighted by atomic mass is 16.7. The van der Waals surface area contributed by atoms with Gasteiger partial charge in [-0.25, -0.2) is 4.79 Å². The molecule has 0 spiro atoms. The molecule has 24 heavy (non-hydrogen) atoms. The molecule has 0 aliphatic heterocycles. The summed E-state index contributed by atoms with van der Waals surface area (Å²) in [6, 6.07) is 0. The molecule has 0 saturated carbocycles. The zero-order chi connectivity index (χ0) is 17.9. The van der Waals surface area contributed by atoms with Crippen LogP contribution >= 0.6 is 0 Å². The van der Waals surface area contributed by atoms with Gasteiger partial charge < -0.3 is 14.2 Å². The molecule has 0 aromatic heterocycles. The van der Waals surface area contributed by atoms with Crippen LogP contribution in [0.25, 0.3) is 0 Å². The molecule has 0 amide bonds. The molecular formula is C20H38O4. The highest BCUT2D eigenvalue weighted by molar-refractivity contribution is 5.81. The molecule has 0 aromatic rings. The summed E-state index contributed by atoms with van der Waals surface area (Å²) in [4.78, 5) is 11.3. The Balaban J connectivity index is 3.76. The first-order valence-electron chi connectivity index (χ1n) is 9.68. The third kappa shape index (κ3) is 16.0. The Morgan fingerprint density at radius 3 is 2.17 bits per heavy atom. The molecule has 0 aliphatic carbocycles. The van der Waals surface area contributed by atoms with Crippen molar-refractivity contribution in [2.75, 3.05) is 20.5 Å². The van der Waals surface area contributed by atoms with Crippen molar-refractivity contribution >= 4 is 5.97 Å². The Bertz CT molecular complexity index is 302. The standard InChI is InChI=1S/C20H38O4/c1-4-6-7-8-9-10-11-12-13-15-19(24-18-22-3)16-14-17-20(21)23-5-2/h14,17,19H,4-13,15-16,18H2,1-3H3/b17-14+/t19-/m0/s1. The number of carbonyl (C=O) groups is 1. The van der Waals surface area contributed by atoms with Crippen LogP contribution in [0.2, 0.25) is 0 Å². The van der Waals surface area contributed by atoms with E-state index in [1.54, 1.807) is 14.0 Å². The number of carbonyl (C=O) groups excluding carboxylic acids is 1. The minimum atomic E-state index is -0.286. The van der Waals surface area contributed by atoms with Gasteiger partial charge in [0.15, 0.2) is 0 Å². The Hall–Kier alpha value is -0.870. The van der Waals surface area contributed by atoms with Crippen LogP contribution < -0.4 is 0 Å². The van der Waals surface area contributed by atoms with Crippen molar-refractivity contribution in [3.63, 3.8) is 0 Å². The minimum absolute atomic E-state index is 0.111. The van der Waals surface area contributed by atoms with Crippen LogP contribution in [-0.2, 0) is 19.0 Å². The number of ether oxygens (including phenoxy) is 3. The van der Waals surface area contributed by atoms with E-state index in [0.29, 0.717) is 13.4 Å². The Labute approximate surface area is 148 Å². The number of methoxy groups -OCH3 is 1. The lowest BCUT2D eigenvalue weighted by atomic mass is 10.0. The zero-order valence-electron chi connectivity index (χ0n) is 16.1. The quantitative estimate of drug-likeness (QED) is 0.153. The summed E-state index contributed by atoms with van der Waals surface area (Å²) >= 11 is 0. The second-order valence-electron chi connectivity index (χ2n) is 6.20. The fourth-order valence-electron chi connectivity index (χ4n) is 2.62. The number of rotatable bonds is 17. The van der Waals surface area contributed by atoms with Gasteiger partial charge in [-0.2, -0.15) is 0 Å². The minimum Gasteiger partial charge on any atom is -0.463 e. The van der Waals surface area contributed by atoms with Crippen LogP contribution in [0.4, 0.5) is 0 Å². The van der Waals surface area contributed by atoms with Gasteiger partial charge in [0.2, 0.25) is 0 Å². The molecule has 0 N–H and O–H groups in total. The summed E-state index contributed by atoms with van der Waals surface area (Å²) in [5.41, 5.74) is 0. The van der Waals surface area contributed by atoms with Gasteiger partial charge >= 0.3 is 5.97 Å². The van der Waals surface area contributed by atoms with Crippen molar-refractivity contribution < 1.29 is 19.0 Å². The van der Waals surface area contributed by atoms with Gasteiger partial charge in [-0.15, -0.1) is 0 Å². The van der Waals surface area contributed by atoms with Crippen molar-refractivity contribution in [2.45, 2.75) is 90.6 Å². The molecule has 0 heterocycles. The average molecular weight is 343 g/mol. The molecule has 0 aromatic carbocycles. The van der Waals surface area contributed by atoms with Crippen molar-refractivity contribution in [1.29, 1.82) is 0 Å². The largest absolute Gasteiger partial charge is 0.463 e. The number of esters is 1. The summed E-state index contributed by atoms with van der Waals surface area (Å²) in [6.45, 7) is 4.77. The van der Waals surface area contributed by atoms with E-state index in [1.807, 2.05) is 6.08 Å². The molecule has 4 heteroatoms. The van der Waals surface area contributed by atoms with E-state index >= 15 is 0 Å². The lowest BCUT2D eigenvalue weighted by Gasteiger charge is -2.15. The van der Waals surface area contributed by atoms with E-state index < -0.39 is 0 Å². The second kappa shape index (κ2) is 18.5. The first kappa shape index (κ1) is 23.1. The molecule has 0 aliphatic rings. The maximum absolute atomic E-state index is 11.3. The van der Waals surface area contributed by atoms with Crippen molar-refractivity contribution in [3.8, 4) is 0 Å². The van der Waals surface area contributed by atoms with Crippen LogP contribution in [0.3, 0.4) is 0 Å². The van der Waals surface area contributed by atoms with Gasteiger partial charge in [0, 0.05) is 13.2 Å². The van der Waals surface area contributed by atoms with Crippen LogP contribution in [0.1, 0.15) is 84.5 Å². The van der Waals surface area contributed by atoms with Gasteiger partial charge in [-0.1, -0.05) is 70.8 Å². The van der Waals surface area contributed by atoms with E-state index in [0.717, 1.165) is 19.3 Å². The topological polar surface area (TPSA) is 44.8 Å². The summed E-state index contributed by atoms with van der Waals surface area (Å²) in [5, 5.41) is 0. The molecule has 0 unspecified atom stereocenters. The van der Waals surface area contributed by atoms with Crippen LogP contribution in [0, 0.1) is 0 Å². The molecule has 0 rings (SSSR count). The normalized spacial score (nSPS) is 12.6. The maximum atomic E-state index is 11.3. The zero-order valence-corrected chi connectivity index (χ0v) is 16.1. The van der Waals surface area contributed by atoms with Gasteiger partial charge in [0.25, 0.3) is 0 Å². The third-order valence-electron chi connectivity index (χ3n) is 3.99. The second-order valence-corrected chi connectivity index (χ2v) is 6.20. The lowest BCUT2D eigenvalue weighted by molar-refractivity contribution is -0.137. The maximum Gasteiger partial charge on any atom is 0.330 e. The highest BCUT2D eigenvalue weighted by Crippen LogP contribution is 2.14. The van der Waals surface area contributed by atoms with Gasteiger partial charge in [0.1, 0.15) is 6.79 Å². The number of unbranched alkanes of at least 4 members (excludes halogenated alkanes) is 8. The highest BCUT2D eigenvalue weighted by Gasteiger charge is 2.07. The molecule has 4 nitrogen and oxygen atoms in total. The van der Waals surface area contributed by atoms with Crippen LogP contribution in [0.15, 0.2) is 12.2 Å².